The highest BCUT2D eigenvalue weighted by Gasteiger charge is 2.21. The first-order valence-corrected chi connectivity index (χ1v) is 10.8. The van der Waals surface area contributed by atoms with E-state index in [-0.39, 0.29) is 5.92 Å². The van der Waals surface area contributed by atoms with E-state index >= 15 is 0 Å². The maximum atomic E-state index is 12.8. The molecule has 33 heavy (non-hydrogen) atoms. The molecule has 0 amide bonds. The molecule has 0 saturated heterocycles. The standard InChI is InChI=1S/C28H24O5/c1-19(2)18-31-25-17-24(32-27(29)20-11-5-3-6-12-20)22-15-9-10-16-23(22)26(25)33-28(30)21-13-7-4-8-14-21/h3-17,19H,18H2,1-2H3. The fourth-order valence-electron chi connectivity index (χ4n) is 3.30. The van der Waals surface area contributed by atoms with E-state index in [1.165, 1.54) is 0 Å². The first-order chi connectivity index (χ1) is 16.0. The summed E-state index contributed by atoms with van der Waals surface area (Å²) in [4.78, 5) is 25.6. The molecule has 0 heterocycles. The van der Waals surface area contributed by atoms with Gasteiger partial charge in [-0.2, -0.15) is 0 Å². The molecule has 0 N–H and O–H groups in total. The molecule has 0 aliphatic rings. The maximum absolute atomic E-state index is 12.8. The molecule has 0 aromatic heterocycles. The summed E-state index contributed by atoms with van der Waals surface area (Å²) in [6.45, 7) is 4.44. The van der Waals surface area contributed by atoms with Crippen LogP contribution in [0.3, 0.4) is 0 Å². The van der Waals surface area contributed by atoms with Crippen molar-refractivity contribution in [2.75, 3.05) is 6.61 Å². The van der Waals surface area contributed by atoms with E-state index in [2.05, 4.69) is 0 Å². The lowest BCUT2D eigenvalue weighted by Gasteiger charge is -2.18. The SMILES string of the molecule is CC(C)COc1cc(OC(=O)c2ccccc2)c2ccccc2c1OC(=O)c1ccccc1. The summed E-state index contributed by atoms with van der Waals surface area (Å²) in [5.74, 6) is 0.220. The van der Waals surface area contributed by atoms with Gasteiger partial charge >= 0.3 is 11.9 Å². The summed E-state index contributed by atoms with van der Waals surface area (Å²) in [5, 5.41) is 1.24. The van der Waals surface area contributed by atoms with Gasteiger partial charge in [-0.25, -0.2) is 9.59 Å². The second-order valence-corrected chi connectivity index (χ2v) is 7.96. The molecule has 0 fully saturated rings. The van der Waals surface area contributed by atoms with Crippen LogP contribution in [0.5, 0.6) is 17.2 Å². The highest BCUT2D eigenvalue weighted by Crippen LogP contribution is 2.42. The average Bonchev–Trinajstić information content (AvgIpc) is 2.85. The molecule has 4 aromatic carbocycles. The number of carbonyl (C=O) groups excluding carboxylic acids is 2. The molecule has 0 radical (unpaired) electrons. The number of hydrogen-bond donors (Lipinski definition) is 0. The molecule has 0 aliphatic heterocycles. The molecule has 0 spiro atoms. The van der Waals surface area contributed by atoms with Gasteiger partial charge in [0.25, 0.3) is 0 Å². The Hall–Kier alpha value is -4.12. The minimum Gasteiger partial charge on any atom is -0.489 e. The van der Waals surface area contributed by atoms with Crippen molar-refractivity contribution >= 4 is 22.7 Å². The molecule has 5 nitrogen and oxygen atoms in total. The van der Waals surface area contributed by atoms with Crippen LogP contribution in [-0.2, 0) is 0 Å². The molecular weight excluding hydrogens is 416 g/mol. The zero-order valence-electron chi connectivity index (χ0n) is 18.5. The van der Waals surface area contributed by atoms with Crippen LogP contribution in [0.4, 0.5) is 0 Å². The minimum absolute atomic E-state index is 0.240. The van der Waals surface area contributed by atoms with Crippen LogP contribution in [0.15, 0.2) is 91.0 Å². The predicted octanol–water partition coefficient (Wildman–Crippen LogP) is 6.31. The molecule has 0 aliphatic carbocycles. The smallest absolute Gasteiger partial charge is 0.343 e. The van der Waals surface area contributed by atoms with Gasteiger partial charge in [0.05, 0.1) is 17.7 Å². The first kappa shape index (κ1) is 22.1. The zero-order chi connectivity index (χ0) is 23.2. The Morgan fingerprint density at radius 3 is 1.76 bits per heavy atom. The van der Waals surface area contributed by atoms with Crippen molar-refractivity contribution in [1.82, 2.24) is 0 Å². The van der Waals surface area contributed by atoms with Crippen molar-refractivity contribution in [2.45, 2.75) is 13.8 Å². The van der Waals surface area contributed by atoms with Gasteiger partial charge in [-0.3, -0.25) is 0 Å². The molecule has 0 atom stereocenters. The van der Waals surface area contributed by atoms with Crippen molar-refractivity contribution < 1.29 is 23.8 Å². The van der Waals surface area contributed by atoms with Crippen LogP contribution in [-0.4, -0.2) is 18.5 Å². The number of esters is 2. The third-order valence-electron chi connectivity index (χ3n) is 4.91. The number of ether oxygens (including phenoxy) is 3. The van der Waals surface area contributed by atoms with E-state index in [0.29, 0.717) is 45.8 Å². The third kappa shape index (κ3) is 5.21. The van der Waals surface area contributed by atoms with Crippen LogP contribution in [0, 0.1) is 5.92 Å². The highest BCUT2D eigenvalue weighted by molar-refractivity contribution is 6.01. The summed E-state index contributed by atoms with van der Waals surface area (Å²) in [5.41, 5.74) is 0.863. The lowest BCUT2D eigenvalue weighted by molar-refractivity contribution is 0.0717. The largest absolute Gasteiger partial charge is 0.489 e. The summed E-state index contributed by atoms with van der Waals surface area (Å²) < 4.78 is 17.6. The van der Waals surface area contributed by atoms with Gasteiger partial charge in [-0.05, 0) is 30.2 Å². The number of fused-ring (bicyclic) bond motifs is 1. The monoisotopic (exact) mass is 440 g/mol. The van der Waals surface area contributed by atoms with E-state index in [1.54, 1.807) is 54.6 Å². The van der Waals surface area contributed by atoms with Crippen LogP contribution >= 0.6 is 0 Å². The second-order valence-electron chi connectivity index (χ2n) is 7.96. The van der Waals surface area contributed by atoms with Crippen molar-refractivity contribution in [1.29, 1.82) is 0 Å². The van der Waals surface area contributed by atoms with Crippen molar-refractivity contribution in [3.63, 3.8) is 0 Å². The molecule has 0 saturated carbocycles. The van der Waals surface area contributed by atoms with Crippen molar-refractivity contribution in [3.05, 3.63) is 102 Å². The predicted molar refractivity (Wildman–Crippen MR) is 127 cm³/mol. The average molecular weight is 440 g/mol. The molecule has 5 heteroatoms. The fourth-order valence-corrected chi connectivity index (χ4v) is 3.30. The van der Waals surface area contributed by atoms with E-state index < -0.39 is 11.9 Å². The van der Waals surface area contributed by atoms with Gasteiger partial charge in [-0.15, -0.1) is 0 Å². The Balaban J connectivity index is 1.77. The van der Waals surface area contributed by atoms with E-state index in [1.807, 2.05) is 50.2 Å². The lowest BCUT2D eigenvalue weighted by atomic mass is 10.1. The van der Waals surface area contributed by atoms with Gasteiger partial charge in [0, 0.05) is 16.8 Å². The summed E-state index contributed by atoms with van der Waals surface area (Å²) in [6.07, 6.45) is 0. The first-order valence-electron chi connectivity index (χ1n) is 10.8. The molecule has 4 rings (SSSR count). The Morgan fingerprint density at radius 2 is 1.18 bits per heavy atom. The van der Waals surface area contributed by atoms with Crippen molar-refractivity contribution in [2.24, 2.45) is 5.92 Å². The number of hydrogen-bond acceptors (Lipinski definition) is 5. The van der Waals surface area contributed by atoms with Gasteiger partial charge in [-0.1, -0.05) is 74.5 Å². The Kier molecular flexibility index (Phi) is 6.69. The van der Waals surface area contributed by atoms with Crippen LogP contribution in [0.25, 0.3) is 10.8 Å². The molecular formula is C28H24O5. The molecule has 166 valence electrons. The quantitative estimate of drug-likeness (QED) is 0.249. The maximum Gasteiger partial charge on any atom is 0.343 e. The number of benzene rings is 4. The van der Waals surface area contributed by atoms with Gasteiger partial charge in [0.1, 0.15) is 5.75 Å². The fraction of sp³-hybridized carbons (Fsp3) is 0.143. The Labute approximate surface area is 192 Å². The lowest BCUT2D eigenvalue weighted by Crippen LogP contribution is -2.13. The minimum atomic E-state index is -0.496. The number of carbonyl (C=O) groups is 2. The Morgan fingerprint density at radius 1 is 0.667 bits per heavy atom. The third-order valence-corrected chi connectivity index (χ3v) is 4.91. The van der Waals surface area contributed by atoms with Gasteiger partial charge < -0.3 is 14.2 Å². The number of rotatable bonds is 7. The molecule has 4 aromatic rings. The van der Waals surface area contributed by atoms with E-state index in [9.17, 15) is 9.59 Å². The summed E-state index contributed by atoms with van der Waals surface area (Å²) in [6, 6.07) is 26.4. The van der Waals surface area contributed by atoms with Crippen LogP contribution < -0.4 is 14.2 Å². The van der Waals surface area contributed by atoms with Gasteiger partial charge in [0.2, 0.25) is 0 Å². The topological polar surface area (TPSA) is 61.8 Å². The summed E-state index contributed by atoms with van der Waals surface area (Å²) in [7, 11) is 0. The van der Waals surface area contributed by atoms with Crippen LogP contribution in [0.2, 0.25) is 0 Å². The molecule has 0 bridgehead atoms. The van der Waals surface area contributed by atoms with Gasteiger partial charge in [0.15, 0.2) is 11.5 Å². The zero-order valence-corrected chi connectivity index (χ0v) is 18.5. The van der Waals surface area contributed by atoms with Crippen molar-refractivity contribution in [3.8, 4) is 17.2 Å². The Bertz CT molecular complexity index is 1260. The van der Waals surface area contributed by atoms with Crippen LogP contribution in [0.1, 0.15) is 34.6 Å². The second kappa shape index (κ2) is 10.0. The van der Waals surface area contributed by atoms with E-state index in [0.717, 1.165) is 0 Å². The molecule has 0 unspecified atom stereocenters. The summed E-state index contributed by atoms with van der Waals surface area (Å²) >= 11 is 0. The van der Waals surface area contributed by atoms with E-state index in [4.69, 9.17) is 14.2 Å². The normalized spacial score (nSPS) is 10.8. The highest BCUT2D eigenvalue weighted by atomic mass is 16.6.